The van der Waals surface area contributed by atoms with E-state index in [2.05, 4.69) is 33.4 Å². The Bertz CT molecular complexity index is 688. The van der Waals surface area contributed by atoms with Crippen molar-refractivity contribution >= 4 is 16.8 Å². The molecule has 0 saturated carbocycles. The van der Waals surface area contributed by atoms with E-state index < -0.39 is 0 Å². The number of rotatable bonds is 4. The molecule has 1 atom stereocenters. The number of aromatic amines is 1. The molecule has 2 saturated heterocycles. The Hall–Kier alpha value is -2.01. The molecule has 5 nitrogen and oxygen atoms in total. The van der Waals surface area contributed by atoms with Crippen molar-refractivity contribution in [3.63, 3.8) is 0 Å². The van der Waals surface area contributed by atoms with E-state index in [9.17, 15) is 4.79 Å². The molecule has 0 radical (unpaired) electrons. The normalized spacial score (nSPS) is 23.3. The molecule has 2 aliphatic rings. The Morgan fingerprint density at radius 3 is 2.87 bits per heavy atom. The minimum Gasteiger partial charge on any atom is -0.490 e. The molecule has 1 aromatic heterocycles. The van der Waals surface area contributed by atoms with Crippen molar-refractivity contribution < 1.29 is 9.53 Å². The summed E-state index contributed by atoms with van der Waals surface area (Å²) in [5.41, 5.74) is 1.12. The summed E-state index contributed by atoms with van der Waals surface area (Å²) >= 11 is 0. The van der Waals surface area contributed by atoms with Gasteiger partial charge in [0.1, 0.15) is 11.9 Å². The molecule has 2 aromatic rings. The number of carbonyl (C=O) groups excluding carboxylic acids is 1. The summed E-state index contributed by atoms with van der Waals surface area (Å²) in [6, 6.07) is 8.23. The second-order valence-electron chi connectivity index (χ2n) is 6.69. The molecule has 2 fully saturated rings. The molecule has 122 valence electrons. The van der Waals surface area contributed by atoms with Gasteiger partial charge in [-0.3, -0.25) is 4.79 Å². The number of nitrogens with one attached hydrogen (secondary N) is 2. The zero-order chi connectivity index (χ0) is 15.6. The van der Waals surface area contributed by atoms with Gasteiger partial charge in [0, 0.05) is 49.7 Å². The molecular weight excluding hydrogens is 290 g/mol. The minimum absolute atomic E-state index is 0.202. The summed E-state index contributed by atoms with van der Waals surface area (Å²) < 4.78 is 6.25. The number of carbonyl (C=O) groups is 1. The summed E-state index contributed by atoms with van der Waals surface area (Å²) in [6.07, 6.45) is 5.03. The minimum atomic E-state index is 0.202. The van der Waals surface area contributed by atoms with Crippen LogP contribution in [0.15, 0.2) is 30.5 Å². The first kappa shape index (κ1) is 14.6. The molecule has 2 N–H and O–H groups in total. The predicted octanol–water partition coefficient (Wildman–Crippen LogP) is 2.15. The van der Waals surface area contributed by atoms with Crippen molar-refractivity contribution in [3.05, 3.63) is 30.5 Å². The Morgan fingerprint density at radius 1 is 1.22 bits per heavy atom. The number of hydrogen-bond acceptors (Lipinski definition) is 3. The lowest BCUT2D eigenvalue weighted by molar-refractivity contribution is -0.119. The molecule has 2 aliphatic heterocycles. The SMILES string of the molecule is O=C1CC(CN2CCC(Oc3cccc4[nH]ccc34)CC2)CN1. The van der Waals surface area contributed by atoms with Crippen LogP contribution in [0.25, 0.3) is 10.9 Å². The van der Waals surface area contributed by atoms with Gasteiger partial charge in [0.2, 0.25) is 5.91 Å². The van der Waals surface area contributed by atoms with E-state index in [1.165, 1.54) is 0 Å². The van der Waals surface area contributed by atoms with Crippen LogP contribution in [0, 0.1) is 5.92 Å². The van der Waals surface area contributed by atoms with E-state index in [1.807, 2.05) is 12.3 Å². The second-order valence-corrected chi connectivity index (χ2v) is 6.69. The van der Waals surface area contributed by atoms with E-state index in [0.29, 0.717) is 12.3 Å². The highest BCUT2D eigenvalue weighted by Gasteiger charge is 2.27. The molecular formula is C18H23N3O2. The number of ether oxygens (including phenoxy) is 1. The molecule has 23 heavy (non-hydrogen) atoms. The highest BCUT2D eigenvalue weighted by molar-refractivity contribution is 5.85. The molecule has 0 aliphatic carbocycles. The molecule has 5 heteroatoms. The average molecular weight is 313 g/mol. The van der Waals surface area contributed by atoms with Crippen molar-refractivity contribution in [2.24, 2.45) is 5.92 Å². The summed E-state index contributed by atoms with van der Waals surface area (Å²) in [7, 11) is 0. The smallest absolute Gasteiger partial charge is 0.220 e. The standard InChI is InChI=1S/C18H23N3O2/c22-18-10-13(11-20-18)12-21-8-5-14(6-9-21)23-17-3-1-2-16-15(17)4-7-19-16/h1-4,7,13-14,19H,5-6,8-12H2,(H,20,22). The Labute approximate surface area is 136 Å². The molecule has 0 bridgehead atoms. The maximum Gasteiger partial charge on any atom is 0.220 e. The summed E-state index contributed by atoms with van der Waals surface area (Å²) in [4.78, 5) is 17.0. The number of amides is 1. The van der Waals surface area contributed by atoms with Crippen molar-refractivity contribution in [1.29, 1.82) is 0 Å². The van der Waals surface area contributed by atoms with Crippen LogP contribution >= 0.6 is 0 Å². The second kappa shape index (κ2) is 6.24. The lowest BCUT2D eigenvalue weighted by atomic mass is 10.0. The quantitative estimate of drug-likeness (QED) is 0.909. The fourth-order valence-corrected chi connectivity index (χ4v) is 3.71. The summed E-state index contributed by atoms with van der Waals surface area (Å²) in [5, 5.41) is 4.08. The Balaban J connectivity index is 1.31. The van der Waals surface area contributed by atoms with Gasteiger partial charge in [-0.15, -0.1) is 0 Å². The summed E-state index contributed by atoms with van der Waals surface area (Å²) in [5.74, 6) is 1.66. The van der Waals surface area contributed by atoms with E-state index in [0.717, 1.165) is 55.7 Å². The highest BCUT2D eigenvalue weighted by atomic mass is 16.5. The van der Waals surface area contributed by atoms with Crippen LogP contribution in [-0.2, 0) is 4.79 Å². The topological polar surface area (TPSA) is 57.4 Å². The van der Waals surface area contributed by atoms with E-state index in [1.54, 1.807) is 0 Å². The molecule has 4 rings (SSSR count). The van der Waals surface area contributed by atoms with Crippen LogP contribution in [-0.4, -0.2) is 48.1 Å². The van der Waals surface area contributed by atoms with Gasteiger partial charge in [-0.25, -0.2) is 0 Å². The van der Waals surface area contributed by atoms with Gasteiger partial charge in [-0.05, 0) is 37.0 Å². The maximum absolute atomic E-state index is 11.3. The van der Waals surface area contributed by atoms with E-state index in [4.69, 9.17) is 4.74 Å². The first-order chi connectivity index (χ1) is 11.3. The fourth-order valence-electron chi connectivity index (χ4n) is 3.71. The van der Waals surface area contributed by atoms with Crippen molar-refractivity contribution in [3.8, 4) is 5.75 Å². The molecule has 1 amide bonds. The van der Waals surface area contributed by atoms with Crippen molar-refractivity contribution in [1.82, 2.24) is 15.2 Å². The van der Waals surface area contributed by atoms with Crippen LogP contribution in [0.1, 0.15) is 19.3 Å². The van der Waals surface area contributed by atoms with Gasteiger partial charge in [-0.2, -0.15) is 0 Å². The third-order valence-electron chi connectivity index (χ3n) is 4.96. The van der Waals surface area contributed by atoms with Crippen LogP contribution in [0.3, 0.4) is 0 Å². The third kappa shape index (κ3) is 3.20. The number of hydrogen-bond donors (Lipinski definition) is 2. The number of fused-ring (bicyclic) bond motifs is 1. The number of benzene rings is 1. The molecule has 1 unspecified atom stereocenters. The van der Waals surface area contributed by atoms with E-state index in [-0.39, 0.29) is 12.0 Å². The monoisotopic (exact) mass is 313 g/mol. The van der Waals surface area contributed by atoms with Gasteiger partial charge >= 0.3 is 0 Å². The number of aromatic nitrogens is 1. The average Bonchev–Trinajstić information content (AvgIpc) is 3.19. The number of H-pyrrole nitrogens is 1. The number of likely N-dealkylation sites (tertiary alicyclic amines) is 1. The van der Waals surface area contributed by atoms with E-state index >= 15 is 0 Å². The van der Waals surface area contributed by atoms with Crippen molar-refractivity contribution in [2.75, 3.05) is 26.2 Å². The van der Waals surface area contributed by atoms with Crippen molar-refractivity contribution in [2.45, 2.75) is 25.4 Å². The van der Waals surface area contributed by atoms with Crippen LogP contribution in [0.5, 0.6) is 5.75 Å². The number of piperidine rings is 1. The fraction of sp³-hybridized carbons (Fsp3) is 0.500. The first-order valence-electron chi connectivity index (χ1n) is 8.50. The van der Waals surface area contributed by atoms with Gasteiger partial charge in [0.25, 0.3) is 0 Å². The van der Waals surface area contributed by atoms with Crippen LogP contribution in [0.2, 0.25) is 0 Å². The third-order valence-corrected chi connectivity index (χ3v) is 4.96. The summed E-state index contributed by atoms with van der Waals surface area (Å²) in [6.45, 7) is 3.97. The van der Waals surface area contributed by atoms with Crippen LogP contribution in [0.4, 0.5) is 0 Å². The number of nitrogens with zero attached hydrogens (tertiary/aromatic N) is 1. The van der Waals surface area contributed by atoms with Gasteiger partial charge in [0.15, 0.2) is 0 Å². The predicted molar refractivity (Wildman–Crippen MR) is 89.5 cm³/mol. The lowest BCUT2D eigenvalue weighted by Crippen LogP contribution is -2.41. The molecule has 3 heterocycles. The van der Waals surface area contributed by atoms with Crippen LogP contribution < -0.4 is 10.1 Å². The maximum atomic E-state index is 11.3. The highest BCUT2D eigenvalue weighted by Crippen LogP contribution is 2.27. The first-order valence-corrected chi connectivity index (χ1v) is 8.50. The largest absolute Gasteiger partial charge is 0.490 e. The Morgan fingerprint density at radius 2 is 2.09 bits per heavy atom. The molecule has 0 spiro atoms. The zero-order valence-electron chi connectivity index (χ0n) is 13.3. The van der Waals surface area contributed by atoms with Gasteiger partial charge in [0.05, 0.1) is 0 Å². The zero-order valence-corrected chi connectivity index (χ0v) is 13.3. The molecule has 1 aromatic carbocycles. The Kier molecular flexibility index (Phi) is 3.95. The van der Waals surface area contributed by atoms with Gasteiger partial charge in [-0.1, -0.05) is 6.07 Å². The van der Waals surface area contributed by atoms with Gasteiger partial charge < -0.3 is 19.9 Å². The lowest BCUT2D eigenvalue weighted by Gasteiger charge is -2.33.